The first-order valence-electron chi connectivity index (χ1n) is 5.42. The van der Waals surface area contributed by atoms with Crippen molar-refractivity contribution < 1.29 is 9.53 Å². The highest BCUT2D eigenvalue weighted by atomic mass is 32.2. The van der Waals surface area contributed by atoms with Crippen LogP contribution in [0.15, 0.2) is 14.8 Å². The van der Waals surface area contributed by atoms with Gasteiger partial charge in [-0.3, -0.25) is 4.79 Å². The quantitative estimate of drug-likeness (QED) is 0.759. The standard InChI is InChI=1S/C11H11N3O3S2/c1-3-18-10-8(12-5-13-10)11-14-9(16)6(19-11)4-7(15)17-2/h4-5H,3H2,1-2H3,(H,14,16)/b6-4?,11-8-. The predicted molar refractivity (Wildman–Crippen MR) is 78.1 cm³/mol. The van der Waals surface area contributed by atoms with E-state index in [-0.39, 0.29) is 10.1 Å². The molecule has 0 fully saturated rings. The zero-order valence-corrected chi connectivity index (χ0v) is 11.9. The van der Waals surface area contributed by atoms with Gasteiger partial charge < -0.3 is 9.72 Å². The number of methoxy groups -OCH3 is 1. The summed E-state index contributed by atoms with van der Waals surface area (Å²) in [4.78, 5) is 33.8. The van der Waals surface area contributed by atoms with Gasteiger partial charge in [0.25, 0.3) is 5.56 Å². The second-order valence-corrected chi connectivity index (χ2v) is 5.68. The number of carbonyl (C=O) groups excluding carboxylic acids is 1. The SMILES string of the molecule is CCSC1=NC=N/C1=c1/[nH]c(=O)c(=CC(=O)OC)s1. The summed E-state index contributed by atoms with van der Waals surface area (Å²) in [6.45, 7) is 2.01. The highest BCUT2D eigenvalue weighted by molar-refractivity contribution is 8.15. The number of nitrogens with zero attached hydrogens (tertiary/aromatic N) is 2. The fourth-order valence-corrected chi connectivity index (χ4v) is 3.03. The molecule has 0 radical (unpaired) electrons. The summed E-state index contributed by atoms with van der Waals surface area (Å²) in [6.07, 6.45) is 2.62. The summed E-state index contributed by atoms with van der Waals surface area (Å²) in [5, 5.41) is 0.768. The lowest BCUT2D eigenvalue weighted by Crippen LogP contribution is -2.21. The summed E-state index contributed by atoms with van der Waals surface area (Å²) in [5.41, 5.74) is 0.305. The maximum absolute atomic E-state index is 11.7. The summed E-state index contributed by atoms with van der Waals surface area (Å²) >= 11 is 2.71. The zero-order valence-electron chi connectivity index (χ0n) is 10.3. The van der Waals surface area contributed by atoms with Gasteiger partial charge in [0, 0.05) is 6.08 Å². The van der Waals surface area contributed by atoms with Crippen molar-refractivity contribution in [2.75, 3.05) is 12.9 Å². The van der Waals surface area contributed by atoms with E-state index in [9.17, 15) is 9.59 Å². The van der Waals surface area contributed by atoms with Gasteiger partial charge in [0.05, 0.1) is 7.11 Å². The molecule has 0 aliphatic carbocycles. The van der Waals surface area contributed by atoms with Crippen molar-refractivity contribution in [1.82, 2.24) is 4.98 Å². The Morgan fingerprint density at radius 1 is 1.63 bits per heavy atom. The molecule has 0 amide bonds. The molecule has 0 saturated carbocycles. The Kier molecular flexibility index (Phi) is 4.33. The Hall–Kier alpha value is -1.67. The van der Waals surface area contributed by atoms with E-state index in [1.54, 1.807) is 11.8 Å². The largest absolute Gasteiger partial charge is 0.466 e. The first kappa shape index (κ1) is 13.8. The van der Waals surface area contributed by atoms with Gasteiger partial charge in [-0.25, -0.2) is 14.8 Å². The van der Waals surface area contributed by atoms with Crippen LogP contribution in [-0.2, 0) is 9.53 Å². The van der Waals surface area contributed by atoms with E-state index in [2.05, 4.69) is 19.7 Å². The number of nitrogens with one attached hydrogen (secondary N) is 1. The van der Waals surface area contributed by atoms with Crippen molar-refractivity contribution in [2.45, 2.75) is 6.92 Å². The van der Waals surface area contributed by atoms with E-state index < -0.39 is 5.97 Å². The molecule has 0 unspecified atom stereocenters. The van der Waals surface area contributed by atoms with Crippen LogP contribution in [0, 0.1) is 0 Å². The van der Waals surface area contributed by atoms with E-state index in [0.717, 1.165) is 28.2 Å². The average Bonchev–Trinajstić information content (AvgIpc) is 2.97. The monoisotopic (exact) mass is 297 g/mol. The molecular formula is C11H11N3O3S2. The zero-order chi connectivity index (χ0) is 13.8. The first-order valence-corrected chi connectivity index (χ1v) is 7.22. The lowest BCUT2D eigenvalue weighted by molar-refractivity contribution is -0.133. The molecule has 6 nitrogen and oxygen atoms in total. The van der Waals surface area contributed by atoms with Gasteiger partial charge in [0.2, 0.25) is 0 Å². The number of H-pyrrole nitrogens is 1. The van der Waals surface area contributed by atoms with Crippen LogP contribution in [0.4, 0.5) is 0 Å². The summed E-state index contributed by atoms with van der Waals surface area (Å²) in [7, 11) is 1.26. The number of aromatic amines is 1. The van der Waals surface area contributed by atoms with Crippen molar-refractivity contribution in [3.63, 3.8) is 0 Å². The van der Waals surface area contributed by atoms with Gasteiger partial charge in [-0.2, -0.15) is 0 Å². The number of ether oxygens (including phenoxy) is 1. The summed E-state index contributed by atoms with van der Waals surface area (Å²) in [5.74, 6) is 0.304. The van der Waals surface area contributed by atoms with Crippen LogP contribution >= 0.6 is 23.1 Å². The third-order valence-corrected chi connectivity index (χ3v) is 4.06. The van der Waals surface area contributed by atoms with Crippen molar-refractivity contribution >= 4 is 52.2 Å². The molecule has 1 aliphatic rings. The van der Waals surface area contributed by atoms with Gasteiger partial charge in [-0.05, 0) is 5.75 Å². The van der Waals surface area contributed by atoms with Crippen LogP contribution in [0.2, 0.25) is 0 Å². The van der Waals surface area contributed by atoms with Crippen LogP contribution in [0.3, 0.4) is 0 Å². The van der Waals surface area contributed by atoms with Crippen molar-refractivity contribution in [2.24, 2.45) is 9.98 Å². The minimum Gasteiger partial charge on any atom is -0.466 e. The molecule has 19 heavy (non-hydrogen) atoms. The molecule has 8 heteroatoms. The van der Waals surface area contributed by atoms with E-state index in [4.69, 9.17) is 0 Å². The number of esters is 1. The number of aromatic nitrogens is 1. The number of hydrogen-bond acceptors (Lipinski definition) is 7. The molecule has 0 saturated heterocycles. The van der Waals surface area contributed by atoms with Crippen LogP contribution in [-0.4, -0.2) is 35.2 Å². The second kappa shape index (κ2) is 5.98. The first-order chi connectivity index (χ1) is 9.15. The molecule has 0 bridgehead atoms. The van der Waals surface area contributed by atoms with E-state index in [0.29, 0.717) is 10.4 Å². The minimum absolute atomic E-state index is 0.289. The minimum atomic E-state index is -0.560. The van der Waals surface area contributed by atoms with Crippen LogP contribution in [0.1, 0.15) is 6.92 Å². The highest BCUT2D eigenvalue weighted by Crippen LogP contribution is 2.16. The molecule has 2 rings (SSSR count). The Balaban J connectivity index is 2.54. The molecule has 0 atom stereocenters. The number of hydrogen-bond donors (Lipinski definition) is 1. The maximum Gasteiger partial charge on any atom is 0.332 e. The third-order valence-electron chi connectivity index (χ3n) is 2.17. The predicted octanol–water partition coefficient (Wildman–Crippen LogP) is -0.308. The third kappa shape index (κ3) is 3.02. The molecule has 1 aromatic heterocycles. The van der Waals surface area contributed by atoms with Crippen molar-refractivity contribution in [1.29, 1.82) is 0 Å². The van der Waals surface area contributed by atoms with E-state index >= 15 is 0 Å². The van der Waals surface area contributed by atoms with Crippen molar-refractivity contribution in [3.05, 3.63) is 19.5 Å². The topological polar surface area (TPSA) is 83.9 Å². The molecule has 1 N–H and O–H groups in total. The van der Waals surface area contributed by atoms with Crippen molar-refractivity contribution in [3.8, 4) is 0 Å². The maximum atomic E-state index is 11.7. The van der Waals surface area contributed by atoms with E-state index in [1.165, 1.54) is 13.4 Å². The fourth-order valence-electron chi connectivity index (χ4n) is 1.37. The molecule has 2 heterocycles. The lowest BCUT2D eigenvalue weighted by atomic mass is 10.5. The summed E-state index contributed by atoms with van der Waals surface area (Å²) < 4.78 is 5.38. The van der Waals surface area contributed by atoms with E-state index in [1.807, 2.05) is 6.92 Å². The molecule has 1 aromatic rings. The second-order valence-electron chi connectivity index (χ2n) is 3.38. The number of aliphatic imine (C=N–C) groups is 2. The number of thiazole rings is 1. The molecule has 0 spiro atoms. The van der Waals surface area contributed by atoms with Crippen LogP contribution < -0.4 is 14.8 Å². The lowest BCUT2D eigenvalue weighted by Gasteiger charge is -1.95. The van der Waals surface area contributed by atoms with Gasteiger partial charge in [-0.1, -0.05) is 6.92 Å². The number of rotatable bonds is 2. The molecule has 0 aromatic carbocycles. The Bertz CT molecular complexity index is 727. The average molecular weight is 297 g/mol. The summed E-state index contributed by atoms with van der Waals surface area (Å²) in [6, 6.07) is 0. The van der Waals surface area contributed by atoms with Gasteiger partial charge in [0.1, 0.15) is 26.3 Å². The Morgan fingerprint density at radius 2 is 2.42 bits per heavy atom. The Labute approximate surface area is 116 Å². The molecule has 100 valence electrons. The van der Waals surface area contributed by atoms with Gasteiger partial charge in [-0.15, -0.1) is 23.1 Å². The fraction of sp³-hybridized carbons (Fsp3) is 0.273. The normalized spacial score (nSPS) is 17.8. The molecular weight excluding hydrogens is 286 g/mol. The smallest absolute Gasteiger partial charge is 0.332 e. The van der Waals surface area contributed by atoms with Gasteiger partial charge >= 0.3 is 5.97 Å². The highest BCUT2D eigenvalue weighted by Gasteiger charge is 2.13. The number of carbonyl (C=O) groups is 1. The Morgan fingerprint density at radius 3 is 3.11 bits per heavy atom. The molecule has 1 aliphatic heterocycles. The number of thioether (sulfide) groups is 1. The van der Waals surface area contributed by atoms with Crippen LogP contribution in [0.25, 0.3) is 11.8 Å². The van der Waals surface area contributed by atoms with Gasteiger partial charge in [0.15, 0.2) is 0 Å². The van der Waals surface area contributed by atoms with Crippen LogP contribution in [0.5, 0.6) is 0 Å².